The lowest BCUT2D eigenvalue weighted by Crippen LogP contribution is -2.36. The average molecular weight is 228 g/mol. The normalized spacial score (nSPS) is 15.1. The van der Waals surface area contributed by atoms with Crippen LogP contribution in [0.5, 0.6) is 0 Å². The highest BCUT2D eigenvalue weighted by atomic mass is 28.4. The third kappa shape index (κ3) is 6.91. The Morgan fingerprint density at radius 2 is 1.80 bits per heavy atom. The first kappa shape index (κ1) is 14.9. The van der Waals surface area contributed by atoms with Gasteiger partial charge in [-0.05, 0) is 32.0 Å². The Balaban J connectivity index is 3.92. The van der Waals surface area contributed by atoms with Crippen molar-refractivity contribution in [2.24, 2.45) is 0 Å². The third-order valence-corrected chi connectivity index (χ3v) is 6.77. The van der Waals surface area contributed by atoms with E-state index < -0.39 is 8.32 Å². The van der Waals surface area contributed by atoms with Gasteiger partial charge in [-0.2, -0.15) is 0 Å². The zero-order valence-electron chi connectivity index (χ0n) is 11.3. The molecule has 1 nitrogen and oxygen atoms in total. The summed E-state index contributed by atoms with van der Waals surface area (Å²) in [6.07, 6.45) is 8.51. The van der Waals surface area contributed by atoms with Crippen LogP contribution in [0.1, 0.15) is 47.0 Å². The van der Waals surface area contributed by atoms with E-state index in [0.29, 0.717) is 5.54 Å². The van der Waals surface area contributed by atoms with Crippen LogP contribution >= 0.6 is 0 Å². The lowest BCUT2D eigenvalue weighted by Gasteiger charge is -2.29. The fourth-order valence-electron chi connectivity index (χ4n) is 1.26. The molecule has 0 aliphatic carbocycles. The summed E-state index contributed by atoms with van der Waals surface area (Å²) in [6, 6.07) is 0. The van der Waals surface area contributed by atoms with E-state index >= 15 is 0 Å². The summed E-state index contributed by atoms with van der Waals surface area (Å²) in [4.78, 5) is 0. The van der Waals surface area contributed by atoms with Crippen LogP contribution < -0.4 is 0 Å². The maximum absolute atomic E-state index is 6.13. The molecule has 0 spiro atoms. The minimum absolute atomic E-state index is 0.283. The standard InChI is InChI=1S/C13H28OSi/c1-7-8-9-10-11-13(4)14-15(5,6)12(2)3/h10-13H,7-9H2,1-6H3/b11-10+. The Kier molecular flexibility index (Phi) is 7.19. The van der Waals surface area contributed by atoms with Crippen molar-refractivity contribution in [3.8, 4) is 0 Å². The van der Waals surface area contributed by atoms with Crippen LogP contribution in [0.25, 0.3) is 0 Å². The third-order valence-electron chi connectivity index (χ3n) is 3.01. The molecule has 0 amide bonds. The van der Waals surface area contributed by atoms with Gasteiger partial charge in [-0.1, -0.05) is 45.8 Å². The molecule has 0 radical (unpaired) electrons. The first-order chi connectivity index (χ1) is 6.90. The van der Waals surface area contributed by atoms with Gasteiger partial charge in [-0.15, -0.1) is 0 Å². The molecule has 2 heteroatoms. The van der Waals surface area contributed by atoms with Gasteiger partial charge >= 0.3 is 0 Å². The Bertz CT molecular complexity index is 185. The number of allylic oxidation sites excluding steroid dienone is 1. The molecule has 15 heavy (non-hydrogen) atoms. The van der Waals surface area contributed by atoms with Gasteiger partial charge in [0.25, 0.3) is 0 Å². The minimum atomic E-state index is -1.46. The molecule has 0 heterocycles. The van der Waals surface area contributed by atoms with E-state index in [4.69, 9.17) is 4.43 Å². The fraction of sp³-hybridized carbons (Fsp3) is 0.846. The molecule has 0 aliphatic rings. The quantitative estimate of drug-likeness (QED) is 0.347. The molecule has 0 N–H and O–H groups in total. The molecule has 0 aromatic heterocycles. The molecule has 0 saturated carbocycles. The summed E-state index contributed by atoms with van der Waals surface area (Å²) in [5, 5.41) is 0. The number of hydrogen-bond donors (Lipinski definition) is 0. The van der Waals surface area contributed by atoms with Gasteiger partial charge < -0.3 is 4.43 Å². The summed E-state index contributed by atoms with van der Waals surface area (Å²) in [7, 11) is -1.46. The van der Waals surface area contributed by atoms with Crippen molar-refractivity contribution in [3.63, 3.8) is 0 Å². The molecule has 0 aliphatic heterocycles. The molecule has 0 saturated heterocycles. The van der Waals surface area contributed by atoms with Gasteiger partial charge in [-0.25, -0.2) is 0 Å². The first-order valence-electron chi connectivity index (χ1n) is 6.24. The Morgan fingerprint density at radius 1 is 1.20 bits per heavy atom. The molecule has 0 aromatic carbocycles. The molecule has 0 bridgehead atoms. The summed E-state index contributed by atoms with van der Waals surface area (Å²) in [6.45, 7) is 13.5. The lowest BCUT2D eigenvalue weighted by atomic mass is 10.2. The van der Waals surface area contributed by atoms with E-state index in [1.54, 1.807) is 0 Å². The maximum atomic E-state index is 6.13. The van der Waals surface area contributed by atoms with Crippen molar-refractivity contribution in [2.45, 2.75) is 71.7 Å². The van der Waals surface area contributed by atoms with Crippen molar-refractivity contribution in [3.05, 3.63) is 12.2 Å². The predicted octanol–water partition coefficient (Wildman–Crippen LogP) is 4.75. The topological polar surface area (TPSA) is 9.23 Å². The largest absolute Gasteiger partial charge is 0.411 e. The van der Waals surface area contributed by atoms with E-state index in [-0.39, 0.29) is 6.10 Å². The Hall–Kier alpha value is -0.0831. The predicted molar refractivity (Wildman–Crippen MR) is 71.8 cm³/mol. The van der Waals surface area contributed by atoms with E-state index in [1.165, 1.54) is 19.3 Å². The fourth-order valence-corrected chi connectivity index (χ4v) is 2.57. The van der Waals surface area contributed by atoms with Crippen molar-refractivity contribution in [1.29, 1.82) is 0 Å². The van der Waals surface area contributed by atoms with Crippen LogP contribution in [0.15, 0.2) is 12.2 Å². The van der Waals surface area contributed by atoms with Crippen LogP contribution in [0.3, 0.4) is 0 Å². The van der Waals surface area contributed by atoms with Crippen LogP contribution in [0, 0.1) is 0 Å². The van der Waals surface area contributed by atoms with Crippen LogP contribution in [0.4, 0.5) is 0 Å². The zero-order chi connectivity index (χ0) is 11.9. The van der Waals surface area contributed by atoms with Gasteiger partial charge in [0.1, 0.15) is 0 Å². The second kappa shape index (κ2) is 7.23. The van der Waals surface area contributed by atoms with Gasteiger partial charge in [0.15, 0.2) is 8.32 Å². The van der Waals surface area contributed by atoms with Gasteiger partial charge in [0.2, 0.25) is 0 Å². The highest BCUT2D eigenvalue weighted by molar-refractivity contribution is 6.72. The smallest absolute Gasteiger partial charge is 0.190 e. The SMILES string of the molecule is CCCC/C=C/C(C)O[Si](C)(C)C(C)C. The van der Waals surface area contributed by atoms with Crippen molar-refractivity contribution in [1.82, 2.24) is 0 Å². The molecule has 0 aromatic rings. The molecule has 0 rings (SSSR count). The van der Waals surface area contributed by atoms with Crippen LogP contribution in [0.2, 0.25) is 18.6 Å². The van der Waals surface area contributed by atoms with Crippen molar-refractivity contribution >= 4 is 8.32 Å². The monoisotopic (exact) mass is 228 g/mol. The average Bonchev–Trinajstić information content (AvgIpc) is 2.11. The van der Waals surface area contributed by atoms with Crippen molar-refractivity contribution in [2.75, 3.05) is 0 Å². The van der Waals surface area contributed by atoms with Gasteiger partial charge in [0, 0.05) is 0 Å². The second-order valence-electron chi connectivity index (χ2n) is 5.15. The maximum Gasteiger partial charge on any atom is 0.190 e. The van der Waals surface area contributed by atoms with E-state index in [0.717, 1.165) is 0 Å². The van der Waals surface area contributed by atoms with Crippen LogP contribution in [-0.2, 0) is 4.43 Å². The van der Waals surface area contributed by atoms with E-state index in [1.807, 2.05) is 0 Å². The molecule has 90 valence electrons. The molecule has 1 atom stereocenters. The summed E-state index contributed by atoms with van der Waals surface area (Å²) in [5.41, 5.74) is 0.684. The number of unbranched alkanes of at least 4 members (excludes halogenated alkanes) is 2. The van der Waals surface area contributed by atoms with Crippen molar-refractivity contribution < 1.29 is 4.43 Å². The van der Waals surface area contributed by atoms with E-state index in [2.05, 4.69) is 52.9 Å². The van der Waals surface area contributed by atoms with Crippen LogP contribution in [-0.4, -0.2) is 14.4 Å². The number of rotatable bonds is 7. The minimum Gasteiger partial charge on any atom is -0.411 e. The first-order valence-corrected chi connectivity index (χ1v) is 9.23. The summed E-state index contributed by atoms with van der Waals surface area (Å²) >= 11 is 0. The Labute approximate surface area is 97.0 Å². The molecule has 1 unspecified atom stereocenters. The van der Waals surface area contributed by atoms with E-state index in [9.17, 15) is 0 Å². The Morgan fingerprint density at radius 3 is 2.27 bits per heavy atom. The zero-order valence-corrected chi connectivity index (χ0v) is 12.3. The lowest BCUT2D eigenvalue weighted by molar-refractivity contribution is 0.253. The molecular formula is C13H28OSi. The summed E-state index contributed by atoms with van der Waals surface area (Å²) < 4.78 is 6.13. The van der Waals surface area contributed by atoms with Gasteiger partial charge in [0.05, 0.1) is 6.10 Å². The highest BCUT2D eigenvalue weighted by Crippen LogP contribution is 2.23. The second-order valence-corrected chi connectivity index (χ2v) is 9.75. The van der Waals surface area contributed by atoms with Gasteiger partial charge in [-0.3, -0.25) is 0 Å². The summed E-state index contributed by atoms with van der Waals surface area (Å²) in [5.74, 6) is 0. The molecule has 0 fully saturated rings. The highest BCUT2D eigenvalue weighted by Gasteiger charge is 2.28. The molecular weight excluding hydrogens is 200 g/mol. The number of hydrogen-bond acceptors (Lipinski definition) is 1.